The van der Waals surface area contributed by atoms with E-state index in [1.54, 1.807) is 5.57 Å². The van der Waals surface area contributed by atoms with Gasteiger partial charge in [0.05, 0.1) is 13.2 Å². The summed E-state index contributed by atoms with van der Waals surface area (Å²) >= 11 is 0. The third-order valence-corrected chi connectivity index (χ3v) is 13.1. The molecular weight excluding hydrogens is 524 g/mol. The van der Waals surface area contributed by atoms with Crippen LogP contribution in [0.5, 0.6) is 0 Å². The Balaban J connectivity index is 1.32. The van der Waals surface area contributed by atoms with Gasteiger partial charge in [-0.2, -0.15) is 0 Å². The predicted octanol–water partition coefficient (Wildman–Crippen LogP) is 7.05. The van der Waals surface area contributed by atoms with Gasteiger partial charge in [0.15, 0.2) is 0 Å². The molecule has 6 heteroatoms. The van der Waals surface area contributed by atoms with E-state index < -0.39 is 0 Å². The highest BCUT2D eigenvalue weighted by Gasteiger charge is 2.59. The summed E-state index contributed by atoms with van der Waals surface area (Å²) in [4.78, 5) is 14.5. The molecule has 4 rings (SSSR count). The summed E-state index contributed by atoms with van der Waals surface area (Å²) in [7, 11) is 0. The quantitative estimate of drug-likeness (QED) is 0.190. The number of aliphatic hydroxyl groups is 2. The van der Waals surface area contributed by atoms with Gasteiger partial charge in [-0.3, -0.25) is 4.90 Å². The third-order valence-electron chi connectivity index (χ3n) is 13.1. The van der Waals surface area contributed by atoms with Gasteiger partial charge < -0.3 is 20.3 Å². The Morgan fingerprint density at radius 1 is 1.02 bits per heavy atom. The number of nitrogens with one attached hydrogen (secondary N) is 1. The van der Waals surface area contributed by atoms with Crippen LogP contribution in [0, 0.1) is 52.3 Å². The molecule has 3 fully saturated rings. The molecule has 0 aromatic carbocycles. The van der Waals surface area contributed by atoms with Crippen molar-refractivity contribution in [2.24, 2.45) is 52.3 Å². The molecule has 3 saturated carbocycles. The molecule has 242 valence electrons. The molecule has 0 aromatic heterocycles. The van der Waals surface area contributed by atoms with Crippen LogP contribution in [-0.4, -0.2) is 66.7 Å². The molecule has 9 atom stereocenters. The van der Waals surface area contributed by atoms with Crippen LogP contribution in [0.1, 0.15) is 112 Å². The van der Waals surface area contributed by atoms with Crippen molar-refractivity contribution in [3.05, 3.63) is 11.6 Å². The second kappa shape index (κ2) is 14.8. The van der Waals surface area contributed by atoms with Crippen LogP contribution >= 0.6 is 0 Å². The summed E-state index contributed by atoms with van der Waals surface area (Å²) in [5, 5.41) is 21.3. The van der Waals surface area contributed by atoms with Crippen molar-refractivity contribution in [2.75, 3.05) is 39.4 Å². The summed E-state index contributed by atoms with van der Waals surface area (Å²) in [6.45, 7) is 17.1. The van der Waals surface area contributed by atoms with E-state index in [1.165, 1.54) is 51.4 Å². The van der Waals surface area contributed by atoms with Gasteiger partial charge in [-0.1, -0.05) is 66.0 Å². The number of rotatable bonds is 14. The first-order valence-corrected chi connectivity index (χ1v) is 17.6. The molecule has 3 N–H and O–H groups in total. The number of allylic oxidation sites excluding steroid dienone is 1. The second-order valence-electron chi connectivity index (χ2n) is 15.4. The number of carbonyl (C=O) groups excluding carboxylic acids is 1. The Morgan fingerprint density at radius 3 is 2.43 bits per heavy atom. The number of amides is 1. The van der Waals surface area contributed by atoms with Crippen LogP contribution in [-0.2, 0) is 4.74 Å². The fraction of sp³-hybridized carbons (Fsp3) is 0.917. The van der Waals surface area contributed by atoms with Gasteiger partial charge in [-0.25, -0.2) is 4.79 Å². The number of nitrogens with zero attached hydrogens (tertiary/aromatic N) is 1. The first-order valence-electron chi connectivity index (χ1n) is 17.6. The topological polar surface area (TPSA) is 82.0 Å². The molecule has 4 aliphatic carbocycles. The summed E-state index contributed by atoms with van der Waals surface area (Å²) < 4.78 is 5.90. The fourth-order valence-electron chi connectivity index (χ4n) is 10.5. The third kappa shape index (κ3) is 7.23. The Morgan fingerprint density at radius 2 is 1.76 bits per heavy atom. The summed E-state index contributed by atoms with van der Waals surface area (Å²) in [6, 6.07) is 0. The minimum Gasteiger partial charge on any atom is -0.446 e. The van der Waals surface area contributed by atoms with Gasteiger partial charge in [0, 0.05) is 32.6 Å². The van der Waals surface area contributed by atoms with E-state index in [0.29, 0.717) is 31.6 Å². The van der Waals surface area contributed by atoms with Crippen LogP contribution in [0.3, 0.4) is 0 Å². The van der Waals surface area contributed by atoms with Crippen molar-refractivity contribution in [2.45, 2.75) is 118 Å². The van der Waals surface area contributed by atoms with E-state index in [-0.39, 0.29) is 30.8 Å². The Labute approximate surface area is 257 Å². The number of ether oxygens (including phenoxy) is 1. The smallest absolute Gasteiger partial charge is 0.407 e. The maximum atomic E-state index is 12.6. The van der Waals surface area contributed by atoms with Crippen molar-refractivity contribution in [3.63, 3.8) is 0 Å². The van der Waals surface area contributed by atoms with Crippen molar-refractivity contribution < 1.29 is 19.7 Å². The highest BCUT2D eigenvalue weighted by atomic mass is 16.6. The molecule has 0 heterocycles. The second-order valence-corrected chi connectivity index (χ2v) is 15.4. The molecule has 0 aromatic rings. The fourth-order valence-corrected chi connectivity index (χ4v) is 10.5. The average molecular weight is 589 g/mol. The lowest BCUT2D eigenvalue weighted by Gasteiger charge is -2.58. The van der Waals surface area contributed by atoms with E-state index in [0.717, 1.165) is 60.7 Å². The minimum absolute atomic E-state index is 0.0415. The van der Waals surface area contributed by atoms with Gasteiger partial charge >= 0.3 is 6.09 Å². The maximum Gasteiger partial charge on any atom is 0.407 e. The van der Waals surface area contributed by atoms with Crippen molar-refractivity contribution in [3.8, 4) is 0 Å². The first kappa shape index (κ1) is 33.8. The maximum absolute atomic E-state index is 12.6. The predicted molar refractivity (Wildman–Crippen MR) is 171 cm³/mol. The Bertz CT molecular complexity index is 901. The molecule has 0 radical (unpaired) electrons. The molecule has 0 spiro atoms. The van der Waals surface area contributed by atoms with Crippen LogP contribution < -0.4 is 5.32 Å². The van der Waals surface area contributed by atoms with Crippen LogP contribution in [0.15, 0.2) is 11.6 Å². The Hall–Kier alpha value is -1.11. The highest BCUT2D eigenvalue weighted by molar-refractivity contribution is 5.67. The van der Waals surface area contributed by atoms with Crippen molar-refractivity contribution in [1.29, 1.82) is 0 Å². The lowest BCUT2D eigenvalue weighted by atomic mass is 9.47. The van der Waals surface area contributed by atoms with Crippen LogP contribution in [0.25, 0.3) is 0 Å². The van der Waals surface area contributed by atoms with E-state index in [1.807, 2.05) is 4.90 Å². The molecular formula is C36H64N2O4. The zero-order chi connectivity index (χ0) is 30.5. The van der Waals surface area contributed by atoms with Crippen LogP contribution in [0.2, 0.25) is 0 Å². The summed E-state index contributed by atoms with van der Waals surface area (Å²) in [6.07, 6.45) is 16.1. The van der Waals surface area contributed by atoms with Gasteiger partial charge in [-0.05, 0) is 104 Å². The van der Waals surface area contributed by atoms with E-state index >= 15 is 0 Å². The number of hydrogen-bond acceptors (Lipinski definition) is 5. The number of alkyl carbamates (subject to hydrolysis) is 1. The molecule has 0 aliphatic heterocycles. The molecule has 6 nitrogen and oxygen atoms in total. The first-order chi connectivity index (χ1) is 20.1. The molecule has 1 amide bonds. The van der Waals surface area contributed by atoms with Gasteiger partial charge in [0.2, 0.25) is 0 Å². The van der Waals surface area contributed by atoms with Crippen LogP contribution in [0.4, 0.5) is 4.79 Å². The number of aliphatic hydroxyl groups excluding tert-OH is 2. The van der Waals surface area contributed by atoms with Crippen molar-refractivity contribution in [1.82, 2.24) is 10.2 Å². The summed E-state index contributed by atoms with van der Waals surface area (Å²) in [5.41, 5.74) is 2.31. The lowest BCUT2D eigenvalue weighted by Crippen LogP contribution is -2.51. The number of hydrogen-bond donors (Lipinski definition) is 3. The van der Waals surface area contributed by atoms with Gasteiger partial charge in [0.1, 0.15) is 6.10 Å². The minimum atomic E-state index is -0.343. The average Bonchev–Trinajstić information content (AvgIpc) is 3.31. The summed E-state index contributed by atoms with van der Waals surface area (Å²) in [5.74, 6) is 5.84. The van der Waals surface area contributed by atoms with E-state index in [9.17, 15) is 15.0 Å². The Kier molecular flexibility index (Phi) is 11.9. The van der Waals surface area contributed by atoms with Gasteiger partial charge in [0.25, 0.3) is 0 Å². The van der Waals surface area contributed by atoms with Gasteiger partial charge in [-0.15, -0.1) is 0 Å². The zero-order valence-electron chi connectivity index (χ0n) is 27.9. The normalized spacial score (nSPS) is 35.7. The molecule has 0 unspecified atom stereocenters. The lowest BCUT2D eigenvalue weighted by molar-refractivity contribution is -0.0583. The van der Waals surface area contributed by atoms with E-state index in [2.05, 4.69) is 52.9 Å². The molecule has 42 heavy (non-hydrogen) atoms. The zero-order valence-corrected chi connectivity index (χ0v) is 27.9. The monoisotopic (exact) mass is 588 g/mol. The van der Waals surface area contributed by atoms with E-state index in [4.69, 9.17) is 4.74 Å². The van der Waals surface area contributed by atoms with Crippen molar-refractivity contribution >= 4 is 6.09 Å². The number of carbonyl (C=O) groups is 1. The molecule has 0 saturated heterocycles. The molecule has 0 bridgehead atoms. The standard InChI is InChI=1S/C36H64N2O4/c1-7-27(25(2)3)9-8-26(4)31-12-13-32-30-11-10-28-24-29(14-16-35(28,5)33(30)15-17-36(31,32)6)42-34(41)37-18-19-38(20-22-39)21-23-40/h10,25-27,29-33,39-40H,7-9,11-24H2,1-6H3,(H,37,41)/t26-,27-,29+,30+,31-,32+,33+,35+,36-/m1/s1. The highest BCUT2D eigenvalue weighted by Crippen LogP contribution is 2.67. The SMILES string of the molecule is CC[C@H](CC[C@@H](C)[C@H]1CC[C@H]2[C@@H]3CC=C4C[C@@H](OC(=O)NCCN(CCO)CCO)CC[C@]4(C)[C@H]3CC[C@]12C)C(C)C. The molecule has 4 aliphatic rings. The largest absolute Gasteiger partial charge is 0.446 e. The number of fused-ring (bicyclic) bond motifs is 5.